The van der Waals surface area contributed by atoms with Crippen molar-refractivity contribution in [1.29, 1.82) is 0 Å². The van der Waals surface area contributed by atoms with E-state index in [1.54, 1.807) is 7.11 Å². The van der Waals surface area contributed by atoms with Gasteiger partial charge in [0.15, 0.2) is 0 Å². The van der Waals surface area contributed by atoms with E-state index in [4.69, 9.17) is 25.6 Å². The number of nitrogens with zero attached hydrogens (tertiary/aromatic N) is 2. The SMILES string of the molecule is COc1ccccc1-n1nc2c(c1-c1ccc(Cl)cc1)CC(OS(C)(=O)=O)C2. The van der Waals surface area contributed by atoms with Gasteiger partial charge in [-0.1, -0.05) is 35.9 Å². The standard InChI is InChI=1S/C20H19ClN2O4S/c1-26-19-6-4-3-5-18(19)23-20(13-7-9-14(21)10-8-13)16-11-15(12-17(16)22-23)27-28(2,24)25/h3-10,15H,11-12H2,1-2H3. The minimum Gasteiger partial charge on any atom is -0.494 e. The summed E-state index contributed by atoms with van der Waals surface area (Å²) in [5, 5.41) is 5.42. The first-order valence-electron chi connectivity index (χ1n) is 8.74. The van der Waals surface area contributed by atoms with Crippen LogP contribution in [0.25, 0.3) is 16.9 Å². The lowest BCUT2D eigenvalue weighted by Gasteiger charge is -2.15. The smallest absolute Gasteiger partial charge is 0.264 e. The summed E-state index contributed by atoms with van der Waals surface area (Å²) in [6.45, 7) is 0. The molecule has 1 atom stereocenters. The maximum Gasteiger partial charge on any atom is 0.264 e. The molecule has 1 aliphatic carbocycles. The average molecular weight is 419 g/mol. The summed E-state index contributed by atoms with van der Waals surface area (Å²) in [5.41, 5.74) is 4.43. The Morgan fingerprint density at radius 1 is 1.11 bits per heavy atom. The molecule has 0 bridgehead atoms. The third kappa shape index (κ3) is 3.65. The zero-order chi connectivity index (χ0) is 19.9. The van der Waals surface area contributed by atoms with Crippen molar-refractivity contribution in [1.82, 2.24) is 9.78 Å². The largest absolute Gasteiger partial charge is 0.494 e. The number of ether oxygens (including phenoxy) is 1. The number of fused-ring (bicyclic) bond motifs is 1. The van der Waals surface area contributed by atoms with Crippen LogP contribution in [0.4, 0.5) is 0 Å². The number of halogens is 1. The molecule has 8 heteroatoms. The van der Waals surface area contributed by atoms with Gasteiger partial charge in [-0.15, -0.1) is 0 Å². The molecule has 1 heterocycles. The Morgan fingerprint density at radius 3 is 2.50 bits per heavy atom. The topological polar surface area (TPSA) is 70.4 Å². The molecule has 0 radical (unpaired) electrons. The fraction of sp³-hybridized carbons (Fsp3) is 0.250. The Morgan fingerprint density at radius 2 is 1.82 bits per heavy atom. The van der Waals surface area contributed by atoms with Gasteiger partial charge < -0.3 is 4.74 Å². The molecule has 0 fully saturated rings. The molecular formula is C20H19ClN2O4S. The van der Waals surface area contributed by atoms with Gasteiger partial charge in [-0.3, -0.25) is 4.18 Å². The molecule has 0 saturated heterocycles. The van der Waals surface area contributed by atoms with E-state index in [0.29, 0.717) is 23.6 Å². The van der Waals surface area contributed by atoms with E-state index < -0.39 is 16.2 Å². The first-order chi connectivity index (χ1) is 13.4. The van der Waals surface area contributed by atoms with E-state index in [1.165, 1.54) is 0 Å². The lowest BCUT2D eigenvalue weighted by Crippen LogP contribution is -2.18. The molecule has 4 rings (SSSR count). The molecule has 28 heavy (non-hydrogen) atoms. The number of para-hydroxylation sites is 2. The summed E-state index contributed by atoms with van der Waals surface area (Å²) in [6, 6.07) is 15.1. The molecule has 3 aromatic rings. The van der Waals surface area contributed by atoms with E-state index in [-0.39, 0.29) is 0 Å². The van der Waals surface area contributed by atoms with Gasteiger partial charge in [0.25, 0.3) is 10.1 Å². The van der Waals surface area contributed by atoms with E-state index in [9.17, 15) is 8.42 Å². The van der Waals surface area contributed by atoms with Gasteiger partial charge in [0.1, 0.15) is 11.4 Å². The number of methoxy groups -OCH3 is 1. The summed E-state index contributed by atoms with van der Waals surface area (Å²) < 4.78 is 35.7. The monoisotopic (exact) mass is 418 g/mol. The van der Waals surface area contributed by atoms with Crippen molar-refractivity contribution >= 4 is 21.7 Å². The Hall–Kier alpha value is -2.35. The summed E-state index contributed by atoms with van der Waals surface area (Å²) in [4.78, 5) is 0. The maximum absolute atomic E-state index is 11.5. The molecule has 0 saturated carbocycles. The maximum atomic E-state index is 11.5. The lowest BCUT2D eigenvalue weighted by atomic mass is 10.1. The number of hydrogen-bond acceptors (Lipinski definition) is 5. The van der Waals surface area contributed by atoms with Crippen LogP contribution in [0.15, 0.2) is 48.5 Å². The summed E-state index contributed by atoms with van der Waals surface area (Å²) in [6.07, 6.45) is 1.53. The van der Waals surface area contributed by atoms with Crippen LogP contribution >= 0.6 is 11.6 Å². The van der Waals surface area contributed by atoms with Gasteiger partial charge in [0, 0.05) is 29.0 Å². The third-order valence-electron chi connectivity index (χ3n) is 4.66. The molecule has 0 amide bonds. The molecule has 146 valence electrons. The Bertz CT molecular complexity index is 1120. The van der Waals surface area contributed by atoms with Crippen molar-refractivity contribution in [2.45, 2.75) is 18.9 Å². The normalized spacial score (nSPS) is 16.2. The second-order valence-corrected chi connectivity index (χ2v) is 8.73. The van der Waals surface area contributed by atoms with Crippen molar-refractivity contribution in [2.24, 2.45) is 0 Å². The summed E-state index contributed by atoms with van der Waals surface area (Å²) in [5.74, 6) is 0.697. The van der Waals surface area contributed by atoms with Crippen LogP contribution in [0.2, 0.25) is 5.02 Å². The third-order valence-corrected chi connectivity index (χ3v) is 5.54. The summed E-state index contributed by atoms with van der Waals surface area (Å²) in [7, 11) is -1.91. The molecule has 0 N–H and O–H groups in total. The minimum absolute atomic E-state index is 0.436. The fourth-order valence-corrected chi connectivity index (χ4v) is 4.34. The predicted molar refractivity (Wildman–Crippen MR) is 108 cm³/mol. The molecule has 1 aromatic heterocycles. The van der Waals surface area contributed by atoms with Crippen molar-refractivity contribution in [2.75, 3.05) is 13.4 Å². The molecule has 1 unspecified atom stereocenters. The molecular weight excluding hydrogens is 400 g/mol. The van der Waals surface area contributed by atoms with Gasteiger partial charge in [-0.2, -0.15) is 13.5 Å². The Kier molecular flexibility index (Phi) is 4.91. The zero-order valence-corrected chi connectivity index (χ0v) is 17.0. The van der Waals surface area contributed by atoms with Gasteiger partial charge in [0.05, 0.1) is 30.9 Å². The van der Waals surface area contributed by atoms with Crippen LogP contribution in [-0.2, 0) is 27.1 Å². The first-order valence-corrected chi connectivity index (χ1v) is 10.9. The first kappa shape index (κ1) is 19.0. The minimum atomic E-state index is -3.53. The van der Waals surface area contributed by atoms with Gasteiger partial charge >= 0.3 is 0 Å². The van der Waals surface area contributed by atoms with Gasteiger partial charge in [-0.25, -0.2) is 4.68 Å². The van der Waals surface area contributed by atoms with Gasteiger partial charge in [0.2, 0.25) is 0 Å². The van der Waals surface area contributed by atoms with E-state index >= 15 is 0 Å². The molecule has 2 aromatic carbocycles. The van der Waals surface area contributed by atoms with Crippen LogP contribution < -0.4 is 4.74 Å². The predicted octanol–water partition coefficient (Wildman–Crippen LogP) is 3.64. The van der Waals surface area contributed by atoms with Crippen LogP contribution in [0, 0.1) is 0 Å². The molecule has 0 spiro atoms. The van der Waals surface area contributed by atoms with E-state index in [0.717, 1.165) is 34.5 Å². The number of hydrogen-bond donors (Lipinski definition) is 0. The van der Waals surface area contributed by atoms with Crippen LogP contribution in [0.1, 0.15) is 11.3 Å². The zero-order valence-electron chi connectivity index (χ0n) is 15.4. The highest BCUT2D eigenvalue weighted by Gasteiger charge is 2.33. The quantitative estimate of drug-likeness (QED) is 0.591. The summed E-state index contributed by atoms with van der Waals surface area (Å²) >= 11 is 6.06. The molecule has 0 aliphatic heterocycles. The van der Waals surface area contributed by atoms with Crippen molar-refractivity contribution in [3.05, 3.63) is 64.8 Å². The Balaban J connectivity index is 1.85. The second kappa shape index (κ2) is 7.24. The van der Waals surface area contributed by atoms with Crippen molar-refractivity contribution < 1.29 is 17.3 Å². The fourth-order valence-electron chi connectivity index (χ4n) is 3.59. The number of aromatic nitrogens is 2. The Labute approximate surface area is 168 Å². The molecule has 6 nitrogen and oxygen atoms in total. The van der Waals surface area contributed by atoms with Crippen LogP contribution in [-0.4, -0.2) is 37.7 Å². The highest BCUT2D eigenvalue weighted by Crippen LogP contribution is 2.37. The van der Waals surface area contributed by atoms with Gasteiger partial charge in [-0.05, 0) is 24.3 Å². The highest BCUT2D eigenvalue weighted by atomic mass is 35.5. The van der Waals surface area contributed by atoms with E-state index in [1.807, 2.05) is 53.2 Å². The molecule has 1 aliphatic rings. The lowest BCUT2D eigenvalue weighted by molar-refractivity contribution is 0.222. The highest BCUT2D eigenvalue weighted by molar-refractivity contribution is 7.86. The van der Waals surface area contributed by atoms with E-state index in [2.05, 4.69) is 0 Å². The average Bonchev–Trinajstić information content (AvgIpc) is 3.18. The van der Waals surface area contributed by atoms with Crippen LogP contribution in [0.5, 0.6) is 5.75 Å². The van der Waals surface area contributed by atoms with Crippen molar-refractivity contribution in [3.63, 3.8) is 0 Å². The van der Waals surface area contributed by atoms with Crippen LogP contribution in [0.3, 0.4) is 0 Å². The number of rotatable bonds is 5. The number of benzene rings is 2. The van der Waals surface area contributed by atoms with Crippen molar-refractivity contribution in [3.8, 4) is 22.7 Å². The second-order valence-electron chi connectivity index (χ2n) is 6.70.